The van der Waals surface area contributed by atoms with E-state index in [1.54, 1.807) is 6.07 Å². The Kier molecular flexibility index (Phi) is 3.24. The molecule has 2 aromatic heterocycles. The monoisotopic (exact) mass is 282 g/mol. The average molecular weight is 282 g/mol. The first-order valence-electron chi connectivity index (χ1n) is 6.31. The van der Waals surface area contributed by atoms with Crippen LogP contribution in [0.5, 0.6) is 0 Å². The van der Waals surface area contributed by atoms with Gasteiger partial charge in [-0.05, 0) is 25.1 Å². The lowest BCUT2D eigenvalue weighted by Gasteiger charge is -2.04. The van der Waals surface area contributed by atoms with E-state index >= 15 is 0 Å². The minimum absolute atomic E-state index is 0.220. The number of halogens is 1. The van der Waals surface area contributed by atoms with Gasteiger partial charge in [0.1, 0.15) is 23.2 Å². The second-order valence-corrected chi connectivity index (χ2v) is 4.51. The van der Waals surface area contributed by atoms with Gasteiger partial charge in [0.25, 0.3) is 0 Å². The highest BCUT2D eigenvalue weighted by molar-refractivity contribution is 5.82. The zero-order valence-electron chi connectivity index (χ0n) is 11.2. The Balaban J connectivity index is 1.89. The van der Waals surface area contributed by atoms with Gasteiger partial charge in [-0.2, -0.15) is 5.26 Å². The first-order valence-corrected chi connectivity index (χ1v) is 6.31. The molecule has 0 fully saturated rings. The lowest BCUT2D eigenvalue weighted by Crippen LogP contribution is -2.04. The zero-order chi connectivity index (χ0) is 14.8. The summed E-state index contributed by atoms with van der Waals surface area (Å²) < 4.78 is 19.0. The van der Waals surface area contributed by atoms with E-state index in [-0.39, 0.29) is 11.5 Å². The predicted octanol–water partition coefficient (Wildman–Crippen LogP) is 3.15. The summed E-state index contributed by atoms with van der Waals surface area (Å²) in [5.41, 5.74) is 1.71. The third kappa shape index (κ3) is 2.41. The Morgan fingerprint density at radius 3 is 2.95 bits per heavy atom. The number of benzene rings is 1. The third-order valence-electron chi connectivity index (χ3n) is 3.22. The quantitative estimate of drug-likeness (QED) is 0.798. The topological polar surface area (TPSA) is 74.7 Å². The van der Waals surface area contributed by atoms with Crippen LogP contribution in [0.25, 0.3) is 11.0 Å². The summed E-state index contributed by atoms with van der Waals surface area (Å²) in [4.78, 5) is 7.98. The van der Waals surface area contributed by atoms with Crippen molar-refractivity contribution in [2.45, 2.75) is 13.5 Å². The Labute approximate surface area is 120 Å². The normalized spacial score (nSPS) is 10.5. The van der Waals surface area contributed by atoms with E-state index < -0.39 is 0 Å². The van der Waals surface area contributed by atoms with Gasteiger partial charge in [0, 0.05) is 23.3 Å². The molecule has 0 saturated heterocycles. The summed E-state index contributed by atoms with van der Waals surface area (Å²) in [6, 6.07) is 6.37. The van der Waals surface area contributed by atoms with E-state index in [4.69, 9.17) is 9.68 Å². The molecule has 0 unspecified atom stereocenters. The Hall–Kier alpha value is -2.94. The highest BCUT2D eigenvalue weighted by Gasteiger charge is 2.12. The molecular weight excluding hydrogens is 271 g/mol. The van der Waals surface area contributed by atoms with Crippen LogP contribution in [-0.4, -0.2) is 9.97 Å². The van der Waals surface area contributed by atoms with Crippen LogP contribution in [0.4, 0.5) is 10.2 Å². The molecule has 0 aliphatic heterocycles. The lowest BCUT2D eigenvalue weighted by atomic mass is 10.1. The fourth-order valence-electron chi connectivity index (χ4n) is 2.13. The molecule has 1 aromatic carbocycles. The van der Waals surface area contributed by atoms with Gasteiger partial charge in [-0.3, -0.25) is 0 Å². The number of nitrogens with zero attached hydrogens (tertiary/aromatic N) is 3. The molecule has 3 rings (SSSR count). The van der Waals surface area contributed by atoms with Crippen molar-refractivity contribution >= 4 is 16.8 Å². The molecule has 6 heteroatoms. The highest BCUT2D eigenvalue weighted by atomic mass is 19.1. The third-order valence-corrected chi connectivity index (χ3v) is 3.22. The maximum Gasteiger partial charge on any atom is 0.182 e. The summed E-state index contributed by atoms with van der Waals surface area (Å²) in [6.07, 6.45) is 2.96. The number of furan rings is 1. The molecule has 2 heterocycles. The molecule has 0 atom stereocenters. The van der Waals surface area contributed by atoms with Crippen LogP contribution in [0, 0.1) is 24.1 Å². The standard InChI is InChI=1S/C15H11FN4O/c1-9-11-6-10(16)2-3-13(11)21-14(9)8-20-15-12(7-17)18-4-5-19-15/h2-6H,8H2,1H3,(H,19,20). The van der Waals surface area contributed by atoms with Gasteiger partial charge >= 0.3 is 0 Å². The maximum atomic E-state index is 13.3. The zero-order valence-corrected chi connectivity index (χ0v) is 11.2. The lowest BCUT2D eigenvalue weighted by molar-refractivity contribution is 0.554. The van der Waals surface area contributed by atoms with E-state index in [1.807, 2.05) is 13.0 Å². The van der Waals surface area contributed by atoms with Crippen LogP contribution in [0.3, 0.4) is 0 Å². The second kappa shape index (κ2) is 5.21. The fourth-order valence-corrected chi connectivity index (χ4v) is 2.13. The Morgan fingerprint density at radius 2 is 2.14 bits per heavy atom. The first kappa shape index (κ1) is 13.1. The van der Waals surface area contributed by atoms with Crippen molar-refractivity contribution in [2.24, 2.45) is 0 Å². The molecule has 21 heavy (non-hydrogen) atoms. The van der Waals surface area contributed by atoms with Crippen LogP contribution < -0.4 is 5.32 Å². The van der Waals surface area contributed by atoms with Gasteiger partial charge < -0.3 is 9.73 Å². The summed E-state index contributed by atoms with van der Waals surface area (Å²) >= 11 is 0. The van der Waals surface area contributed by atoms with Gasteiger partial charge in [-0.1, -0.05) is 0 Å². The van der Waals surface area contributed by atoms with E-state index in [1.165, 1.54) is 24.5 Å². The largest absolute Gasteiger partial charge is 0.459 e. The smallest absolute Gasteiger partial charge is 0.182 e. The summed E-state index contributed by atoms with van der Waals surface area (Å²) in [5, 5.41) is 12.7. The molecule has 0 aliphatic carbocycles. The average Bonchev–Trinajstić information content (AvgIpc) is 2.82. The SMILES string of the molecule is Cc1c(CNc2nccnc2C#N)oc2ccc(F)cc12. The van der Waals surface area contributed by atoms with Gasteiger partial charge in [0.05, 0.1) is 6.54 Å². The number of aryl methyl sites for hydroxylation is 1. The van der Waals surface area contributed by atoms with Crippen molar-refractivity contribution in [3.63, 3.8) is 0 Å². The van der Waals surface area contributed by atoms with Crippen LogP contribution >= 0.6 is 0 Å². The molecular formula is C15H11FN4O. The maximum absolute atomic E-state index is 13.3. The van der Waals surface area contributed by atoms with Crippen molar-refractivity contribution < 1.29 is 8.81 Å². The Morgan fingerprint density at radius 1 is 1.33 bits per heavy atom. The summed E-state index contributed by atoms with van der Waals surface area (Å²) in [7, 11) is 0. The molecule has 104 valence electrons. The Bertz CT molecular complexity index is 850. The van der Waals surface area contributed by atoms with Crippen LogP contribution in [0.15, 0.2) is 35.0 Å². The number of hydrogen-bond donors (Lipinski definition) is 1. The van der Waals surface area contributed by atoms with E-state index in [2.05, 4.69) is 15.3 Å². The second-order valence-electron chi connectivity index (χ2n) is 4.51. The molecule has 0 saturated carbocycles. The van der Waals surface area contributed by atoms with Crippen LogP contribution in [0.2, 0.25) is 0 Å². The van der Waals surface area contributed by atoms with Crippen molar-refractivity contribution in [1.29, 1.82) is 5.26 Å². The molecule has 5 nitrogen and oxygen atoms in total. The van der Waals surface area contributed by atoms with Crippen molar-refractivity contribution in [2.75, 3.05) is 5.32 Å². The first-order chi connectivity index (χ1) is 10.2. The van der Waals surface area contributed by atoms with Crippen molar-refractivity contribution in [3.05, 3.63) is 53.4 Å². The van der Waals surface area contributed by atoms with E-state index in [9.17, 15) is 4.39 Å². The van der Waals surface area contributed by atoms with Gasteiger partial charge in [0.2, 0.25) is 0 Å². The number of rotatable bonds is 3. The van der Waals surface area contributed by atoms with Gasteiger partial charge in [-0.15, -0.1) is 0 Å². The summed E-state index contributed by atoms with van der Waals surface area (Å²) in [6.45, 7) is 2.21. The molecule has 0 bridgehead atoms. The minimum Gasteiger partial charge on any atom is -0.459 e. The molecule has 0 spiro atoms. The number of aromatic nitrogens is 2. The van der Waals surface area contributed by atoms with Crippen molar-refractivity contribution in [1.82, 2.24) is 9.97 Å². The number of hydrogen-bond acceptors (Lipinski definition) is 5. The number of fused-ring (bicyclic) bond motifs is 1. The van der Waals surface area contributed by atoms with Crippen LogP contribution in [-0.2, 0) is 6.54 Å². The van der Waals surface area contributed by atoms with E-state index in [0.29, 0.717) is 23.7 Å². The molecule has 3 aromatic rings. The van der Waals surface area contributed by atoms with Gasteiger partial charge in [0.15, 0.2) is 11.5 Å². The number of nitrogens with one attached hydrogen (secondary N) is 1. The van der Waals surface area contributed by atoms with Crippen molar-refractivity contribution in [3.8, 4) is 6.07 Å². The highest BCUT2D eigenvalue weighted by Crippen LogP contribution is 2.26. The van der Waals surface area contributed by atoms with Crippen LogP contribution in [0.1, 0.15) is 17.0 Å². The number of anilines is 1. The summed E-state index contributed by atoms with van der Waals surface area (Å²) in [5.74, 6) is 0.766. The molecule has 0 radical (unpaired) electrons. The van der Waals surface area contributed by atoms with Gasteiger partial charge in [-0.25, -0.2) is 14.4 Å². The van der Waals surface area contributed by atoms with E-state index in [0.717, 1.165) is 10.9 Å². The molecule has 1 N–H and O–H groups in total. The predicted molar refractivity (Wildman–Crippen MR) is 75.0 cm³/mol. The molecule has 0 aliphatic rings. The number of nitriles is 1. The molecule has 0 amide bonds. The minimum atomic E-state index is -0.299. The fraction of sp³-hybridized carbons (Fsp3) is 0.133.